The molecule has 0 amide bonds. The Morgan fingerprint density at radius 2 is 2.04 bits per heavy atom. The molecule has 0 bridgehead atoms. The molecule has 0 aliphatic heterocycles. The van der Waals surface area contributed by atoms with E-state index in [0.717, 1.165) is 15.6 Å². The molecule has 0 fully saturated rings. The first kappa shape index (κ1) is 16.9. The average molecular weight is 356 g/mol. The number of ether oxygens (including phenoxy) is 1. The van der Waals surface area contributed by atoms with Crippen LogP contribution in [-0.4, -0.2) is 17.5 Å². The number of nitro groups is 1. The summed E-state index contributed by atoms with van der Waals surface area (Å²) in [5.41, 5.74) is 1.59. The van der Waals surface area contributed by atoms with Crippen LogP contribution in [0.2, 0.25) is 0 Å². The molecule has 0 aliphatic rings. The van der Waals surface area contributed by atoms with Gasteiger partial charge in [0.1, 0.15) is 16.3 Å². The van der Waals surface area contributed by atoms with Gasteiger partial charge in [-0.05, 0) is 31.5 Å². The molecule has 1 heterocycles. The van der Waals surface area contributed by atoms with Crippen molar-refractivity contribution in [2.45, 2.75) is 13.8 Å². The normalized spacial score (nSPS) is 10.6. The zero-order valence-corrected chi connectivity index (χ0v) is 14.6. The molecule has 0 saturated heterocycles. The number of fused-ring (bicyclic) bond motifs is 1. The third-order valence-electron chi connectivity index (χ3n) is 3.67. The maximum absolute atomic E-state index is 12.4. The number of nitrogens with one attached hydrogen (secondary N) is 1. The number of nitrogens with zero attached hydrogens (tertiary/aromatic N) is 1. The molecule has 1 aromatic heterocycles. The van der Waals surface area contributed by atoms with Gasteiger partial charge in [-0.2, -0.15) is 0 Å². The van der Waals surface area contributed by atoms with Crippen molar-refractivity contribution >= 4 is 43.8 Å². The predicted molar refractivity (Wildman–Crippen MR) is 98.9 cm³/mol. The molecule has 0 saturated carbocycles. The van der Waals surface area contributed by atoms with Gasteiger partial charge in [0, 0.05) is 16.2 Å². The molecule has 1 N–H and O–H groups in total. The van der Waals surface area contributed by atoms with E-state index >= 15 is 0 Å². The standard InChI is InChI=1S/C18H16N2O4S/c1-3-24-18(21)16-12-6-4-5-7-15(12)25-17(16)19-13-10-11(2)8-9-14(13)20(22)23/h4-10,19H,3H2,1-2H3. The number of carbonyl (C=O) groups excluding carboxylic acids is 1. The molecule has 6 nitrogen and oxygen atoms in total. The van der Waals surface area contributed by atoms with Crippen molar-refractivity contribution in [3.05, 3.63) is 63.7 Å². The van der Waals surface area contributed by atoms with Crippen molar-refractivity contribution in [1.29, 1.82) is 0 Å². The van der Waals surface area contributed by atoms with E-state index in [0.29, 0.717) is 16.3 Å². The molecule has 25 heavy (non-hydrogen) atoms. The van der Waals surface area contributed by atoms with Gasteiger partial charge in [0.15, 0.2) is 0 Å². The first-order valence-electron chi connectivity index (χ1n) is 7.72. The van der Waals surface area contributed by atoms with Crippen LogP contribution in [0.25, 0.3) is 10.1 Å². The van der Waals surface area contributed by atoms with Crippen molar-refractivity contribution < 1.29 is 14.5 Å². The summed E-state index contributed by atoms with van der Waals surface area (Å²) in [4.78, 5) is 23.3. The highest BCUT2D eigenvalue weighted by molar-refractivity contribution is 7.23. The zero-order chi connectivity index (χ0) is 18.0. The van der Waals surface area contributed by atoms with Crippen LogP contribution in [-0.2, 0) is 4.74 Å². The Balaban J connectivity index is 2.13. The Kier molecular flexibility index (Phi) is 4.67. The van der Waals surface area contributed by atoms with Crippen LogP contribution < -0.4 is 5.32 Å². The number of nitro benzene ring substituents is 1. The third-order valence-corrected chi connectivity index (χ3v) is 4.76. The lowest BCUT2D eigenvalue weighted by molar-refractivity contribution is -0.383. The number of aryl methyl sites for hydroxylation is 1. The van der Waals surface area contributed by atoms with Crippen LogP contribution in [0.1, 0.15) is 22.8 Å². The lowest BCUT2D eigenvalue weighted by atomic mass is 10.1. The van der Waals surface area contributed by atoms with Gasteiger partial charge < -0.3 is 10.1 Å². The van der Waals surface area contributed by atoms with E-state index in [-0.39, 0.29) is 12.3 Å². The van der Waals surface area contributed by atoms with Gasteiger partial charge in [0.2, 0.25) is 0 Å². The molecule has 0 spiro atoms. The number of thiophene rings is 1. The van der Waals surface area contributed by atoms with E-state index < -0.39 is 10.9 Å². The van der Waals surface area contributed by atoms with Crippen molar-refractivity contribution in [1.82, 2.24) is 0 Å². The summed E-state index contributed by atoms with van der Waals surface area (Å²) in [5.74, 6) is -0.447. The first-order valence-corrected chi connectivity index (χ1v) is 8.53. The minimum Gasteiger partial charge on any atom is -0.462 e. The second-order valence-electron chi connectivity index (χ2n) is 5.43. The SMILES string of the molecule is CCOC(=O)c1c(Nc2cc(C)ccc2[N+](=O)[O-])sc2ccccc12. The van der Waals surface area contributed by atoms with E-state index in [2.05, 4.69) is 5.32 Å². The highest BCUT2D eigenvalue weighted by Gasteiger charge is 2.22. The largest absolute Gasteiger partial charge is 0.462 e. The smallest absolute Gasteiger partial charge is 0.341 e. The number of esters is 1. The van der Waals surface area contributed by atoms with Crippen LogP contribution in [0.15, 0.2) is 42.5 Å². The van der Waals surface area contributed by atoms with Crippen LogP contribution in [0.3, 0.4) is 0 Å². The van der Waals surface area contributed by atoms with E-state index in [1.807, 2.05) is 31.2 Å². The Bertz CT molecular complexity index is 965. The Hall–Kier alpha value is -2.93. The molecule has 3 aromatic rings. The van der Waals surface area contributed by atoms with Crippen molar-refractivity contribution in [3.8, 4) is 0 Å². The fraction of sp³-hybridized carbons (Fsp3) is 0.167. The summed E-state index contributed by atoms with van der Waals surface area (Å²) in [6, 6.07) is 12.3. The summed E-state index contributed by atoms with van der Waals surface area (Å²) in [6.45, 7) is 3.85. The zero-order valence-electron chi connectivity index (χ0n) is 13.7. The fourth-order valence-corrected chi connectivity index (χ4v) is 3.67. The number of hydrogen-bond donors (Lipinski definition) is 1. The van der Waals surface area contributed by atoms with Gasteiger partial charge in [-0.25, -0.2) is 4.79 Å². The highest BCUT2D eigenvalue weighted by Crippen LogP contribution is 2.39. The quantitative estimate of drug-likeness (QED) is 0.393. The molecular formula is C18H16N2O4S. The summed E-state index contributed by atoms with van der Waals surface area (Å²) < 4.78 is 6.07. The summed E-state index contributed by atoms with van der Waals surface area (Å²) >= 11 is 1.36. The van der Waals surface area contributed by atoms with Crippen molar-refractivity contribution in [2.24, 2.45) is 0 Å². The van der Waals surface area contributed by atoms with Gasteiger partial charge in [-0.1, -0.05) is 24.3 Å². The minimum atomic E-state index is -0.447. The highest BCUT2D eigenvalue weighted by atomic mass is 32.1. The van der Waals surface area contributed by atoms with E-state index in [4.69, 9.17) is 4.74 Å². The Labute approximate surface area is 148 Å². The Morgan fingerprint density at radius 1 is 1.28 bits per heavy atom. The fourth-order valence-electron chi connectivity index (χ4n) is 2.57. The van der Waals surface area contributed by atoms with Gasteiger partial charge in [0.25, 0.3) is 5.69 Å². The van der Waals surface area contributed by atoms with Crippen LogP contribution in [0.5, 0.6) is 0 Å². The van der Waals surface area contributed by atoms with E-state index in [1.165, 1.54) is 17.4 Å². The average Bonchev–Trinajstić information content (AvgIpc) is 2.92. The molecule has 7 heteroatoms. The second kappa shape index (κ2) is 6.90. The molecule has 0 radical (unpaired) electrons. The van der Waals surface area contributed by atoms with Gasteiger partial charge in [-0.3, -0.25) is 10.1 Å². The Morgan fingerprint density at radius 3 is 2.76 bits per heavy atom. The van der Waals surface area contributed by atoms with Crippen molar-refractivity contribution in [3.63, 3.8) is 0 Å². The van der Waals surface area contributed by atoms with Gasteiger partial charge in [-0.15, -0.1) is 11.3 Å². The maximum Gasteiger partial charge on any atom is 0.341 e. The van der Waals surface area contributed by atoms with Crippen LogP contribution in [0, 0.1) is 17.0 Å². The van der Waals surface area contributed by atoms with Crippen LogP contribution in [0.4, 0.5) is 16.4 Å². The monoisotopic (exact) mass is 356 g/mol. The lowest BCUT2D eigenvalue weighted by Crippen LogP contribution is -2.07. The maximum atomic E-state index is 12.4. The van der Waals surface area contributed by atoms with Crippen molar-refractivity contribution in [2.75, 3.05) is 11.9 Å². The molecule has 2 aromatic carbocycles. The number of anilines is 2. The summed E-state index contributed by atoms with van der Waals surface area (Å²) in [5, 5.41) is 15.7. The number of rotatable bonds is 5. The molecular weight excluding hydrogens is 340 g/mol. The summed E-state index contributed by atoms with van der Waals surface area (Å²) in [6.07, 6.45) is 0. The second-order valence-corrected chi connectivity index (χ2v) is 6.48. The van der Waals surface area contributed by atoms with E-state index in [9.17, 15) is 14.9 Å². The number of hydrogen-bond acceptors (Lipinski definition) is 6. The number of carbonyl (C=O) groups is 1. The summed E-state index contributed by atoms with van der Waals surface area (Å²) in [7, 11) is 0. The van der Waals surface area contributed by atoms with E-state index in [1.54, 1.807) is 19.1 Å². The first-order chi connectivity index (χ1) is 12.0. The lowest BCUT2D eigenvalue weighted by Gasteiger charge is -2.09. The molecule has 0 aliphatic carbocycles. The predicted octanol–water partition coefficient (Wildman–Crippen LogP) is 5.04. The van der Waals surface area contributed by atoms with Gasteiger partial charge >= 0.3 is 5.97 Å². The minimum absolute atomic E-state index is 0.0436. The third kappa shape index (κ3) is 3.32. The molecule has 3 rings (SSSR count). The van der Waals surface area contributed by atoms with Gasteiger partial charge in [0.05, 0.1) is 11.5 Å². The topological polar surface area (TPSA) is 81.5 Å². The molecule has 0 atom stereocenters. The number of benzene rings is 2. The van der Waals surface area contributed by atoms with Crippen LogP contribution >= 0.6 is 11.3 Å². The molecule has 0 unspecified atom stereocenters. The molecule has 128 valence electrons.